The summed E-state index contributed by atoms with van der Waals surface area (Å²) in [5.74, 6) is -0.298. The molecule has 1 saturated heterocycles. The molecule has 3 rings (SSSR count). The number of sulfonamides is 1. The zero-order valence-electron chi connectivity index (χ0n) is 17.4. The van der Waals surface area contributed by atoms with Crippen molar-refractivity contribution in [2.24, 2.45) is 5.10 Å². The summed E-state index contributed by atoms with van der Waals surface area (Å²) >= 11 is 0. The predicted molar refractivity (Wildman–Crippen MR) is 115 cm³/mol. The van der Waals surface area contributed by atoms with Gasteiger partial charge in [-0.3, -0.25) is 4.79 Å². The topological polar surface area (TPSA) is 118 Å². The van der Waals surface area contributed by atoms with Crippen molar-refractivity contribution in [2.75, 3.05) is 27.3 Å². The summed E-state index contributed by atoms with van der Waals surface area (Å²) in [4.78, 5) is 12.6. The molecule has 0 atom stereocenters. The fourth-order valence-electron chi connectivity index (χ4n) is 3.27. The molecule has 1 aliphatic rings. The minimum Gasteiger partial charge on any atom is -0.502 e. The van der Waals surface area contributed by atoms with Crippen molar-refractivity contribution < 1.29 is 27.8 Å². The second-order valence-electron chi connectivity index (χ2n) is 6.97. The minimum atomic E-state index is -3.64. The number of hydrogen-bond acceptors (Lipinski definition) is 7. The standard InChI is InChI=1S/C21H25N3O6S/c1-29-18-11-15(12-19(30-2)20(18)25)14-22-23-21(26)16-7-6-8-17(13-16)31(27,28)24-9-4-3-5-10-24/h6-8,11-14,25H,3-5,9-10H2,1-2H3,(H,23,26). The molecular weight excluding hydrogens is 422 g/mol. The number of hydrogen-bond donors (Lipinski definition) is 2. The highest BCUT2D eigenvalue weighted by Crippen LogP contribution is 2.36. The number of benzene rings is 2. The van der Waals surface area contributed by atoms with Crippen LogP contribution in [0.2, 0.25) is 0 Å². The lowest BCUT2D eigenvalue weighted by Gasteiger charge is -2.25. The first-order valence-electron chi connectivity index (χ1n) is 9.75. The maximum absolute atomic E-state index is 12.8. The lowest BCUT2D eigenvalue weighted by molar-refractivity contribution is 0.0955. The Labute approximate surface area is 181 Å². The van der Waals surface area contributed by atoms with Crippen LogP contribution in [0.25, 0.3) is 0 Å². The maximum atomic E-state index is 12.8. The Morgan fingerprint density at radius 3 is 2.35 bits per heavy atom. The van der Waals surface area contributed by atoms with Gasteiger partial charge in [-0.15, -0.1) is 0 Å². The number of phenolic OH excluding ortho intramolecular Hbond substituents is 1. The summed E-state index contributed by atoms with van der Waals surface area (Å²) in [6, 6.07) is 8.94. The number of aromatic hydroxyl groups is 1. The molecule has 10 heteroatoms. The Morgan fingerprint density at radius 2 is 1.74 bits per heavy atom. The molecule has 0 unspecified atom stereocenters. The molecule has 9 nitrogen and oxygen atoms in total. The summed E-state index contributed by atoms with van der Waals surface area (Å²) in [5, 5.41) is 13.8. The van der Waals surface area contributed by atoms with Crippen molar-refractivity contribution in [1.82, 2.24) is 9.73 Å². The van der Waals surface area contributed by atoms with Crippen LogP contribution in [0, 0.1) is 0 Å². The molecule has 0 bridgehead atoms. The number of carbonyl (C=O) groups excluding carboxylic acids is 1. The van der Waals surface area contributed by atoms with Gasteiger partial charge in [0.25, 0.3) is 5.91 Å². The van der Waals surface area contributed by atoms with Crippen molar-refractivity contribution in [3.8, 4) is 17.2 Å². The van der Waals surface area contributed by atoms with Gasteiger partial charge >= 0.3 is 0 Å². The van der Waals surface area contributed by atoms with Gasteiger partial charge in [0.2, 0.25) is 15.8 Å². The molecule has 2 N–H and O–H groups in total. The molecule has 1 amide bonds. The van der Waals surface area contributed by atoms with E-state index in [9.17, 15) is 18.3 Å². The molecule has 0 spiro atoms. The van der Waals surface area contributed by atoms with Crippen LogP contribution in [0.3, 0.4) is 0 Å². The second kappa shape index (κ2) is 9.80. The Kier molecular flexibility index (Phi) is 7.13. The van der Waals surface area contributed by atoms with E-state index in [1.165, 1.54) is 61.1 Å². The van der Waals surface area contributed by atoms with E-state index < -0.39 is 15.9 Å². The molecule has 0 aliphatic carbocycles. The van der Waals surface area contributed by atoms with Crippen molar-refractivity contribution in [3.63, 3.8) is 0 Å². The third-order valence-corrected chi connectivity index (χ3v) is 6.83. The summed E-state index contributed by atoms with van der Waals surface area (Å²) in [7, 11) is -0.828. The molecule has 1 aliphatic heterocycles. The van der Waals surface area contributed by atoms with Crippen LogP contribution in [-0.4, -0.2) is 57.3 Å². The number of piperidine rings is 1. The molecule has 166 valence electrons. The average molecular weight is 448 g/mol. The second-order valence-corrected chi connectivity index (χ2v) is 8.90. The normalized spacial score (nSPS) is 15.0. The van der Waals surface area contributed by atoms with Crippen LogP contribution < -0.4 is 14.9 Å². The molecule has 0 saturated carbocycles. The predicted octanol–water partition coefficient (Wildman–Crippen LogP) is 2.35. The van der Waals surface area contributed by atoms with Crippen LogP contribution in [0.5, 0.6) is 17.2 Å². The molecule has 1 heterocycles. The van der Waals surface area contributed by atoms with Crippen molar-refractivity contribution in [3.05, 3.63) is 47.5 Å². The van der Waals surface area contributed by atoms with E-state index in [4.69, 9.17) is 9.47 Å². The fraction of sp³-hybridized carbons (Fsp3) is 0.333. The summed E-state index contributed by atoms with van der Waals surface area (Å²) < 4.78 is 37.3. The highest BCUT2D eigenvalue weighted by Gasteiger charge is 2.26. The number of rotatable bonds is 7. The first-order chi connectivity index (χ1) is 14.9. The van der Waals surface area contributed by atoms with Gasteiger partial charge in [-0.1, -0.05) is 12.5 Å². The van der Waals surface area contributed by atoms with Gasteiger partial charge in [0.1, 0.15) is 0 Å². The first kappa shape index (κ1) is 22.6. The van der Waals surface area contributed by atoms with E-state index in [-0.39, 0.29) is 27.7 Å². The third kappa shape index (κ3) is 5.15. The van der Waals surface area contributed by atoms with Crippen LogP contribution in [-0.2, 0) is 10.0 Å². The first-order valence-corrected chi connectivity index (χ1v) is 11.2. The number of hydrazone groups is 1. The minimum absolute atomic E-state index is 0.0824. The smallest absolute Gasteiger partial charge is 0.271 e. The largest absolute Gasteiger partial charge is 0.502 e. The molecule has 1 fully saturated rings. The lowest BCUT2D eigenvalue weighted by atomic mass is 10.2. The summed E-state index contributed by atoms with van der Waals surface area (Å²) in [6.07, 6.45) is 4.05. The van der Waals surface area contributed by atoms with E-state index in [2.05, 4.69) is 10.5 Å². The SMILES string of the molecule is COc1cc(C=NNC(=O)c2cccc(S(=O)(=O)N3CCCCC3)c2)cc(OC)c1O. The monoisotopic (exact) mass is 447 g/mol. The van der Waals surface area contributed by atoms with Gasteiger partial charge in [0, 0.05) is 24.2 Å². The molecule has 0 aromatic heterocycles. The average Bonchev–Trinajstić information content (AvgIpc) is 2.80. The van der Waals surface area contributed by atoms with Gasteiger partial charge in [0.05, 0.1) is 25.3 Å². The van der Waals surface area contributed by atoms with E-state index in [0.717, 1.165) is 19.3 Å². The van der Waals surface area contributed by atoms with Gasteiger partial charge in [-0.05, 0) is 43.2 Å². The summed E-state index contributed by atoms with van der Waals surface area (Å²) in [6.45, 7) is 0.977. The third-order valence-electron chi connectivity index (χ3n) is 4.93. The number of carbonyl (C=O) groups is 1. The van der Waals surface area contributed by atoms with Crippen LogP contribution in [0.15, 0.2) is 46.4 Å². The van der Waals surface area contributed by atoms with Gasteiger partial charge in [-0.2, -0.15) is 9.41 Å². The van der Waals surface area contributed by atoms with Crippen LogP contribution >= 0.6 is 0 Å². The van der Waals surface area contributed by atoms with Crippen LogP contribution in [0.1, 0.15) is 35.2 Å². The molecule has 2 aromatic carbocycles. The van der Waals surface area contributed by atoms with Crippen molar-refractivity contribution in [2.45, 2.75) is 24.2 Å². The van der Waals surface area contributed by atoms with Crippen LogP contribution in [0.4, 0.5) is 0 Å². The van der Waals surface area contributed by atoms with Gasteiger partial charge in [0.15, 0.2) is 11.5 Å². The lowest BCUT2D eigenvalue weighted by Crippen LogP contribution is -2.35. The van der Waals surface area contributed by atoms with E-state index in [1.807, 2.05) is 0 Å². The highest BCUT2D eigenvalue weighted by atomic mass is 32.2. The molecule has 0 radical (unpaired) electrons. The number of amides is 1. The Balaban J connectivity index is 1.74. The highest BCUT2D eigenvalue weighted by molar-refractivity contribution is 7.89. The Hall–Kier alpha value is -3.11. The summed E-state index contributed by atoms with van der Waals surface area (Å²) in [5.41, 5.74) is 3.07. The van der Waals surface area contributed by atoms with Gasteiger partial charge < -0.3 is 14.6 Å². The molecule has 31 heavy (non-hydrogen) atoms. The molecule has 2 aromatic rings. The fourth-order valence-corrected chi connectivity index (χ4v) is 4.83. The Bertz CT molecular complexity index is 1050. The van der Waals surface area contributed by atoms with E-state index >= 15 is 0 Å². The number of phenols is 1. The van der Waals surface area contributed by atoms with E-state index in [1.54, 1.807) is 0 Å². The quantitative estimate of drug-likeness (QED) is 0.497. The Morgan fingerprint density at radius 1 is 1.10 bits per heavy atom. The van der Waals surface area contributed by atoms with Crippen molar-refractivity contribution in [1.29, 1.82) is 0 Å². The van der Waals surface area contributed by atoms with Crippen molar-refractivity contribution >= 4 is 22.1 Å². The zero-order chi connectivity index (χ0) is 22.4. The number of nitrogens with zero attached hydrogens (tertiary/aromatic N) is 2. The number of nitrogens with one attached hydrogen (secondary N) is 1. The molecular formula is C21H25N3O6S. The number of methoxy groups -OCH3 is 2. The van der Waals surface area contributed by atoms with Gasteiger partial charge in [-0.25, -0.2) is 13.8 Å². The maximum Gasteiger partial charge on any atom is 0.271 e. The zero-order valence-corrected chi connectivity index (χ0v) is 18.2. The van der Waals surface area contributed by atoms with E-state index in [0.29, 0.717) is 18.7 Å². The number of ether oxygens (including phenoxy) is 2.